The molecule has 31 heavy (non-hydrogen) atoms. The summed E-state index contributed by atoms with van der Waals surface area (Å²) in [7, 11) is 0. The number of nitrogens with zero attached hydrogens (tertiary/aromatic N) is 3. The van der Waals surface area contributed by atoms with Crippen LogP contribution in [0, 0.1) is 0 Å². The predicted molar refractivity (Wildman–Crippen MR) is 124 cm³/mol. The summed E-state index contributed by atoms with van der Waals surface area (Å²) in [4.78, 5) is 36.4. The highest BCUT2D eigenvalue weighted by atomic mass is 32.1. The minimum Gasteiger partial charge on any atom is -0.444 e. The average molecular weight is 449 g/mol. The topological polar surface area (TPSA) is 136 Å². The minimum atomic E-state index is -0.544. The van der Waals surface area contributed by atoms with Gasteiger partial charge in [-0.2, -0.15) is 0 Å². The van der Waals surface area contributed by atoms with E-state index in [1.807, 2.05) is 20.8 Å². The van der Waals surface area contributed by atoms with Gasteiger partial charge in [0.1, 0.15) is 15.3 Å². The number of nitrogens with two attached hydrogens (primary N) is 2. The van der Waals surface area contributed by atoms with Crippen LogP contribution in [0.1, 0.15) is 68.7 Å². The highest BCUT2D eigenvalue weighted by Gasteiger charge is 2.26. The van der Waals surface area contributed by atoms with Gasteiger partial charge in [0.2, 0.25) is 5.95 Å². The quantitative estimate of drug-likeness (QED) is 0.617. The van der Waals surface area contributed by atoms with Crippen LogP contribution in [0.15, 0.2) is 0 Å². The number of nitrogen functional groups attached to an aromatic ring is 1. The molecule has 9 nitrogen and oxygen atoms in total. The molecule has 0 spiro atoms. The van der Waals surface area contributed by atoms with E-state index in [9.17, 15) is 9.59 Å². The van der Waals surface area contributed by atoms with E-state index in [1.165, 1.54) is 11.3 Å². The molecule has 5 N–H and O–H groups in total. The third-order valence-corrected chi connectivity index (χ3v) is 6.26. The van der Waals surface area contributed by atoms with Gasteiger partial charge in [0.25, 0.3) is 5.91 Å². The first-order valence-corrected chi connectivity index (χ1v) is 11.5. The van der Waals surface area contributed by atoms with E-state index >= 15 is 0 Å². The second-order valence-corrected chi connectivity index (χ2v) is 9.87. The van der Waals surface area contributed by atoms with Gasteiger partial charge in [-0.15, -0.1) is 11.3 Å². The molecule has 1 aliphatic rings. The number of hydrogen-bond donors (Lipinski definition) is 3. The number of rotatable bonds is 6. The summed E-state index contributed by atoms with van der Waals surface area (Å²) >= 11 is 1.22. The van der Waals surface area contributed by atoms with Gasteiger partial charge in [-0.3, -0.25) is 4.79 Å². The minimum absolute atomic E-state index is 0.0493. The molecular formula is C21H32N6O3S. The number of alkyl carbamates (subject to hydrolysis) is 1. The monoisotopic (exact) mass is 448 g/mol. The van der Waals surface area contributed by atoms with E-state index in [4.69, 9.17) is 26.2 Å². The molecule has 0 atom stereocenters. The molecule has 2 aromatic rings. The molecule has 0 aliphatic carbocycles. The smallest absolute Gasteiger partial charge is 0.407 e. The number of ether oxygens (including phenoxy) is 1. The Morgan fingerprint density at radius 2 is 1.94 bits per heavy atom. The average Bonchev–Trinajstić information content (AvgIpc) is 3.02. The zero-order chi connectivity index (χ0) is 22.8. The number of nitrogens with one attached hydrogen (secondary N) is 1. The van der Waals surface area contributed by atoms with Gasteiger partial charge in [-0.1, -0.05) is 13.3 Å². The Bertz CT molecular complexity index is 960. The number of aryl methyl sites for hydroxylation is 1. The number of piperidine rings is 1. The Labute approximate surface area is 186 Å². The van der Waals surface area contributed by atoms with E-state index in [2.05, 4.69) is 17.1 Å². The van der Waals surface area contributed by atoms with Crippen molar-refractivity contribution >= 4 is 45.2 Å². The summed E-state index contributed by atoms with van der Waals surface area (Å²) in [6.07, 6.45) is 3.90. The number of hydrogen-bond acceptors (Lipinski definition) is 8. The molecule has 2 amide bonds. The van der Waals surface area contributed by atoms with Crippen molar-refractivity contribution in [3.63, 3.8) is 0 Å². The molecule has 3 rings (SSSR count). The lowest BCUT2D eigenvalue weighted by Gasteiger charge is -2.33. The lowest BCUT2D eigenvalue weighted by Crippen LogP contribution is -2.46. The van der Waals surface area contributed by atoms with Crippen molar-refractivity contribution in [2.24, 2.45) is 5.73 Å². The Morgan fingerprint density at radius 1 is 1.26 bits per heavy atom. The highest BCUT2D eigenvalue weighted by molar-refractivity contribution is 7.21. The van der Waals surface area contributed by atoms with Gasteiger partial charge in [-0.05, 0) is 46.5 Å². The lowest BCUT2D eigenvalue weighted by molar-refractivity contribution is 0.0497. The molecule has 170 valence electrons. The number of thiophene rings is 1. The van der Waals surface area contributed by atoms with E-state index in [-0.39, 0.29) is 6.04 Å². The molecule has 0 aromatic carbocycles. The van der Waals surface area contributed by atoms with Crippen molar-refractivity contribution < 1.29 is 14.3 Å². The molecule has 3 heterocycles. The number of unbranched alkanes of at least 4 members (excludes halogenated alkanes) is 1. The standard InChI is InChI=1S/C21H32N6O3S/c1-5-6-7-13-14-15(22)16(17(23)28)31-18(14)26-19(25-13)27-10-8-12(9-11-27)24-20(29)30-21(2,3)4/h12H,5-11,22H2,1-4H3,(H2,23,28)(H,24,29). The van der Waals surface area contributed by atoms with Gasteiger partial charge < -0.3 is 26.4 Å². The van der Waals surface area contributed by atoms with E-state index < -0.39 is 17.6 Å². The normalized spacial score (nSPS) is 15.3. The van der Waals surface area contributed by atoms with Crippen LogP contribution in [-0.4, -0.2) is 46.7 Å². The molecule has 1 aliphatic heterocycles. The third kappa shape index (κ3) is 5.55. The van der Waals surface area contributed by atoms with Crippen molar-refractivity contribution in [2.45, 2.75) is 71.4 Å². The second kappa shape index (κ2) is 9.25. The maximum absolute atomic E-state index is 12.0. The van der Waals surface area contributed by atoms with Crippen LogP contribution in [0.4, 0.5) is 16.4 Å². The number of carbonyl (C=O) groups excluding carboxylic acids is 2. The fourth-order valence-corrected chi connectivity index (χ4v) is 4.59. The molecule has 0 bridgehead atoms. The maximum atomic E-state index is 12.0. The Kier molecular flexibility index (Phi) is 6.88. The first-order chi connectivity index (χ1) is 14.6. The fourth-order valence-electron chi connectivity index (χ4n) is 3.63. The number of anilines is 2. The largest absolute Gasteiger partial charge is 0.444 e. The van der Waals surface area contributed by atoms with Crippen molar-refractivity contribution in [2.75, 3.05) is 23.7 Å². The first kappa shape index (κ1) is 23.1. The summed E-state index contributed by atoms with van der Waals surface area (Å²) in [5, 5.41) is 3.69. The van der Waals surface area contributed by atoms with Gasteiger partial charge in [0.15, 0.2) is 0 Å². The lowest BCUT2D eigenvalue weighted by atomic mass is 10.1. The fraction of sp³-hybridized carbons (Fsp3) is 0.619. The zero-order valence-corrected chi connectivity index (χ0v) is 19.5. The Morgan fingerprint density at radius 3 is 2.52 bits per heavy atom. The van der Waals surface area contributed by atoms with E-state index in [0.717, 1.165) is 43.2 Å². The van der Waals surface area contributed by atoms with Crippen LogP contribution in [0.5, 0.6) is 0 Å². The van der Waals surface area contributed by atoms with Gasteiger partial charge in [0.05, 0.1) is 16.8 Å². The molecular weight excluding hydrogens is 416 g/mol. The van der Waals surface area contributed by atoms with Crippen LogP contribution >= 0.6 is 11.3 Å². The maximum Gasteiger partial charge on any atom is 0.407 e. The summed E-state index contributed by atoms with van der Waals surface area (Å²) in [5.74, 6) is 0.0871. The predicted octanol–water partition coefficient (Wildman–Crippen LogP) is 3.21. The van der Waals surface area contributed by atoms with E-state index in [1.54, 1.807) is 0 Å². The summed E-state index contributed by atoms with van der Waals surface area (Å²) in [6, 6.07) is 0.0493. The zero-order valence-electron chi connectivity index (χ0n) is 18.7. The molecule has 0 saturated carbocycles. The number of aromatic nitrogens is 2. The van der Waals surface area contributed by atoms with Crippen LogP contribution in [-0.2, 0) is 11.2 Å². The highest BCUT2D eigenvalue weighted by Crippen LogP contribution is 2.36. The van der Waals surface area contributed by atoms with Gasteiger partial charge >= 0.3 is 6.09 Å². The van der Waals surface area contributed by atoms with Crippen molar-refractivity contribution in [3.05, 3.63) is 10.6 Å². The summed E-state index contributed by atoms with van der Waals surface area (Å²) in [6.45, 7) is 9.08. The number of primary amides is 1. The SMILES string of the molecule is CCCCc1nc(N2CCC(NC(=O)OC(C)(C)C)CC2)nc2sc(C(N)=O)c(N)c12. The van der Waals surface area contributed by atoms with Crippen molar-refractivity contribution in [3.8, 4) is 0 Å². The molecule has 0 unspecified atom stereocenters. The van der Waals surface area contributed by atoms with Gasteiger partial charge in [0, 0.05) is 19.1 Å². The molecule has 2 aromatic heterocycles. The van der Waals surface area contributed by atoms with Crippen LogP contribution in [0.2, 0.25) is 0 Å². The van der Waals surface area contributed by atoms with Gasteiger partial charge in [-0.25, -0.2) is 14.8 Å². The van der Waals surface area contributed by atoms with Crippen molar-refractivity contribution in [1.29, 1.82) is 0 Å². The van der Waals surface area contributed by atoms with Crippen LogP contribution in [0.25, 0.3) is 10.2 Å². The Balaban J connectivity index is 1.77. The molecule has 0 radical (unpaired) electrons. The summed E-state index contributed by atoms with van der Waals surface area (Å²) < 4.78 is 5.35. The van der Waals surface area contributed by atoms with E-state index in [0.29, 0.717) is 34.4 Å². The number of carbonyl (C=O) groups is 2. The molecule has 1 saturated heterocycles. The number of amides is 2. The number of fused-ring (bicyclic) bond motifs is 1. The molecule has 10 heteroatoms. The third-order valence-electron chi connectivity index (χ3n) is 5.14. The van der Waals surface area contributed by atoms with Crippen LogP contribution < -0.4 is 21.7 Å². The molecule has 1 fully saturated rings. The Hall–Kier alpha value is -2.62. The summed E-state index contributed by atoms with van der Waals surface area (Å²) in [5.41, 5.74) is 12.4. The van der Waals surface area contributed by atoms with Crippen LogP contribution in [0.3, 0.4) is 0 Å². The second-order valence-electron chi connectivity index (χ2n) is 8.87. The first-order valence-electron chi connectivity index (χ1n) is 10.7. The van der Waals surface area contributed by atoms with Crippen molar-refractivity contribution in [1.82, 2.24) is 15.3 Å².